The fourth-order valence-electron chi connectivity index (χ4n) is 1.55. The van der Waals surface area contributed by atoms with E-state index in [1.54, 1.807) is 10.7 Å². The highest BCUT2D eigenvalue weighted by Gasteiger charge is 2.13. The van der Waals surface area contributed by atoms with Crippen LogP contribution in [0.5, 0.6) is 0 Å². The molecule has 0 aromatic carbocycles. The Bertz CT molecular complexity index is 544. The third kappa shape index (κ3) is 2.83. The average Bonchev–Trinajstić information content (AvgIpc) is 2.56. The van der Waals surface area contributed by atoms with Gasteiger partial charge < -0.3 is 4.74 Å². The molecule has 0 radical (unpaired) electrons. The van der Waals surface area contributed by atoms with Crippen molar-refractivity contribution >= 4 is 56.7 Å². The van der Waals surface area contributed by atoms with Gasteiger partial charge in [-0.3, -0.25) is 4.68 Å². The lowest BCUT2D eigenvalue weighted by Crippen LogP contribution is -2.07. The molecule has 7 heteroatoms. The van der Waals surface area contributed by atoms with Gasteiger partial charge in [0.25, 0.3) is 0 Å². The van der Waals surface area contributed by atoms with Crippen LogP contribution >= 0.6 is 45.8 Å². The zero-order chi connectivity index (χ0) is 12.4. The molecule has 0 aliphatic carbocycles. The Balaban J connectivity index is 2.43. The average molecular weight is 386 g/mol. The van der Waals surface area contributed by atoms with Gasteiger partial charge in [-0.15, -0.1) is 0 Å². The summed E-state index contributed by atoms with van der Waals surface area (Å²) in [7, 11) is 0. The van der Waals surface area contributed by atoms with E-state index in [1.165, 1.54) is 0 Å². The summed E-state index contributed by atoms with van der Waals surface area (Å²) in [6, 6.07) is 1.77. The van der Waals surface area contributed by atoms with Gasteiger partial charge in [0.2, 0.25) is 0 Å². The molecule has 0 fully saturated rings. The smallest absolute Gasteiger partial charge is 0.156 e. The van der Waals surface area contributed by atoms with Gasteiger partial charge in [-0.05, 0) is 35.6 Å². The molecule has 17 heavy (non-hydrogen) atoms. The summed E-state index contributed by atoms with van der Waals surface area (Å²) in [4.78, 5) is 4.03. The van der Waals surface area contributed by atoms with Crippen LogP contribution in [-0.4, -0.2) is 28.0 Å². The van der Waals surface area contributed by atoms with Gasteiger partial charge in [-0.25, -0.2) is 4.98 Å². The molecule has 0 saturated heterocycles. The largest absolute Gasteiger partial charge is 0.380 e. The number of hydrogen-bond donors (Lipinski definition) is 0. The highest BCUT2D eigenvalue weighted by Crippen LogP contribution is 2.28. The van der Waals surface area contributed by atoms with E-state index in [0.29, 0.717) is 30.1 Å². The molecule has 0 saturated carbocycles. The van der Waals surface area contributed by atoms with E-state index in [4.69, 9.17) is 27.9 Å². The van der Waals surface area contributed by atoms with Crippen molar-refractivity contribution in [2.45, 2.75) is 13.5 Å². The lowest BCUT2D eigenvalue weighted by atomic mass is 10.3. The molecule has 4 nitrogen and oxygen atoms in total. The maximum absolute atomic E-state index is 6.09. The van der Waals surface area contributed by atoms with Crippen molar-refractivity contribution in [3.63, 3.8) is 0 Å². The molecule has 0 spiro atoms. The van der Waals surface area contributed by atoms with Gasteiger partial charge in [0.05, 0.1) is 13.2 Å². The molecule has 0 unspecified atom stereocenters. The Kier molecular flexibility index (Phi) is 4.46. The number of halogens is 3. The summed E-state index contributed by atoms with van der Waals surface area (Å²) < 4.78 is 7.97. The van der Waals surface area contributed by atoms with Crippen LogP contribution in [0, 0.1) is 3.70 Å². The number of hydrogen-bond acceptors (Lipinski definition) is 3. The first-order valence-corrected chi connectivity index (χ1v) is 6.92. The quantitative estimate of drug-likeness (QED) is 0.460. The summed E-state index contributed by atoms with van der Waals surface area (Å²) in [5, 5.41) is 6.08. The summed E-state index contributed by atoms with van der Waals surface area (Å²) >= 11 is 14.1. The summed E-state index contributed by atoms with van der Waals surface area (Å²) in [5.74, 6) is 0. The van der Waals surface area contributed by atoms with Crippen LogP contribution in [-0.2, 0) is 11.3 Å². The second kappa shape index (κ2) is 5.69. The van der Waals surface area contributed by atoms with Crippen molar-refractivity contribution < 1.29 is 4.74 Å². The predicted octanol–water partition coefficient (Wildman–Crippen LogP) is 3.38. The van der Waals surface area contributed by atoms with Gasteiger partial charge in [-0.2, -0.15) is 5.10 Å². The van der Waals surface area contributed by atoms with Crippen molar-refractivity contribution in [1.82, 2.24) is 14.8 Å². The third-order valence-electron chi connectivity index (χ3n) is 2.26. The normalized spacial score (nSPS) is 11.3. The summed E-state index contributed by atoms with van der Waals surface area (Å²) in [6.45, 7) is 3.89. The molecule has 0 bridgehead atoms. The lowest BCUT2D eigenvalue weighted by Gasteiger charge is -2.04. The molecule has 2 aromatic rings. The SMILES string of the molecule is CCOCCn1nc(I)c2cc(Cl)nc(Cl)c21. The lowest BCUT2D eigenvalue weighted by molar-refractivity contribution is 0.137. The second-order valence-electron chi connectivity index (χ2n) is 3.34. The molecule has 2 aromatic heterocycles. The van der Waals surface area contributed by atoms with Crippen LogP contribution in [0.25, 0.3) is 10.9 Å². The first kappa shape index (κ1) is 13.3. The number of ether oxygens (including phenoxy) is 1. The first-order chi connectivity index (χ1) is 8.13. The van der Waals surface area contributed by atoms with Crippen molar-refractivity contribution in [1.29, 1.82) is 0 Å². The Morgan fingerprint density at radius 2 is 2.24 bits per heavy atom. The third-order valence-corrected chi connectivity index (χ3v) is 3.51. The van der Waals surface area contributed by atoms with Crippen LogP contribution in [0.2, 0.25) is 10.3 Å². The summed E-state index contributed by atoms with van der Waals surface area (Å²) in [6.07, 6.45) is 0. The standard InChI is InChI=1S/C10H10Cl2IN3O/c1-2-17-4-3-16-8-6(10(13)15-16)5-7(11)14-9(8)12/h5H,2-4H2,1H3. The topological polar surface area (TPSA) is 39.9 Å². The number of fused-ring (bicyclic) bond motifs is 1. The molecule has 0 aliphatic heterocycles. The van der Waals surface area contributed by atoms with Crippen LogP contribution in [0.3, 0.4) is 0 Å². The number of aromatic nitrogens is 3. The van der Waals surface area contributed by atoms with E-state index in [0.717, 1.165) is 14.6 Å². The minimum atomic E-state index is 0.374. The molecule has 2 rings (SSSR count). The van der Waals surface area contributed by atoms with E-state index in [1.807, 2.05) is 6.92 Å². The van der Waals surface area contributed by atoms with E-state index in [9.17, 15) is 0 Å². The van der Waals surface area contributed by atoms with Gasteiger partial charge in [0, 0.05) is 12.0 Å². The Morgan fingerprint density at radius 1 is 1.47 bits per heavy atom. The summed E-state index contributed by atoms with van der Waals surface area (Å²) in [5.41, 5.74) is 0.806. The van der Waals surface area contributed by atoms with Gasteiger partial charge in [-0.1, -0.05) is 23.2 Å². The minimum Gasteiger partial charge on any atom is -0.380 e. The molecule has 0 amide bonds. The van der Waals surface area contributed by atoms with Crippen molar-refractivity contribution in [2.24, 2.45) is 0 Å². The van der Waals surface area contributed by atoms with Crippen molar-refractivity contribution in [3.8, 4) is 0 Å². The highest BCUT2D eigenvalue weighted by molar-refractivity contribution is 14.1. The maximum atomic E-state index is 6.09. The molecule has 92 valence electrons. The van der Waals surface area contributed by atoms with E-state index < -0.39 is 0 Å². The van der Waals surface area contributed by atoms with Gasteiger partial charge in [0.1, 0.15) is 14.4 Å². The van der Waals surface area contributed by atoms with Gasteiger partial charge >= 0.3 is 0 Å². The minimum absolute atomic E-state index is 0.374. The zero-order valence-corrected chi connectivity index (χ0v) is 12.8. The maximum Gasteiger partial charge on any atom is 0.156 e. The molecule has 0 N–H and O–H groups in total. The molecule has 0 aliphatic rings. The molecular formula is C10H10Cl2IN3O. The van der Waals surface area contributed by atoms with Crippen molar-refractivity contribution in [3.05, 3.63) is 20.1 Å². The number of pyridine rings is 1. The predicted molar refractivity (Wildman–Crippen MR) is 76.8 cm³/mol. The Hall–Kier alpha value is -0.110. The zero-order valence-electron chi connectivity index (χ0n) is 9.08. The highest BCUT2D eigenvalue weighted by atomic mass is 127. The van der Waals surface area contributed by atoms with Crippen LogP contribution in [0.4, 0.5) is 0 Å². The van der Waals surface area contributed by atoms with E-state index in [-0.39, 0.29) is 0 Å². The second-order valence-corrected chi connectivity index (χ2v) is 5.11. The van der Waals surface area contributed by atoms with Crippen LogP contribution < -0.4 is 0 Å². The first-order valence-electron chi connectivity index (χ1n) is 5.09. The van der Waals surface area contributed by atoms with Crippen LogP contribution in [0.15, 0.2) is 6.07 Å². The fraction of sp³-hybridized carbons (Fsp3) is 0.400. The molecular weight excluding hydrogens is 376 g/mol. The number of nitrogens with zero attached hydrogens (tertiary/aromatic N) is 3. The van der Waals surface area contributed by atoms with Crippen molar-refractivity contribution in [2.75, 3.05) is 13.2 Å². The Morgan fingerprint density at radius 3 is 2.94 bits per heavy atom. The van der Waals surface area contributed by atoms with Gasteiger partial charge in [0.15, 0.2) is 5.15 Å². The molecule has 2 heterocycles. The molecule has 0 atom stereocenters. The van der Waals surface area contributed by atoms with Crippen LogP contribution in [0.1, 0.15) is 6.92 Å². The number of rotatable bonds is 4. The van der Waals surface area contributed by atoms with E-state index >= 15 is 0 Å². The van der Waals surface area contributed by atoms with E-state index in [2.05, 4.69) is 32.7 Å². The Labute approximate surface area is 122 Å². The monoisotopic (exact) mass is 385 g/mol. The fourth-order valence-corrected chi connectivity index (χ4v) is 2.75.